The molecule has 2 aliphatic rings. The van der Waals surface area contributed by atoms with Gasteiger partial charge in [0.1, 0.15) is 0 Å². The van der Waals surface area contributed by atoms with Crippen LogP contribution in [0.2, 0.25) is 0 Å². The first-order chi connectivity index (χ1) is 9.08. The molecule has 1 aromatic rings. The van der Waals surface area contributed by atoms with Crippen molar-refractivity contribution in [2.45, 2.75) is 20.8 Å². The monoisotopic (exact) mass is 352 g/mol. The highest BCUT2D eigenvalue weighted by Crippen LogP contribution is 2.38. The van der Waals surface area contributed by atoms with Gasteiger partial charge in [0.2, 0.25) is 5.78 Å². The van der Waals surface area contributed by atoms with Crippen molar-refractivity contribution in [2.75, 3.05) is 13.1 Å². The SMILES string of the molecule is Br.CC1=C(C(=O)c2ccc(C)cc2C)SC2=NCCN21. The van der Waals surface area contributed by atoms with Gasteiger partial charge in [-0.05, 0) is 38.1 Å². The Morgan fingerprint density at radius 1 is 1.30 bits per heavy atom. The standard InChI is InChI=1S/C15H16N2OS.BrH/c1-9-4-5-12(10(2)8-9)13(18)14-11(3)17-7-6-16-15(17)19-14;/h4-5,8H,6-7H2,1-3H3;1H. The highest BCUT2D eigenvalue weighted by atomic mass is 79.9. The van der Waals surface area contributed by atoms with Gasteiger partial charge in [-0.15, -0.1) is 17.0 Å². The second kappa shape index (κ2) is 5.74. The van der Waals surface area contributed by atoms with E-state index < -0.39 is 0 Å². The number of amidine groups is 1. The predicted octanol–water partition coefficient (Wildman–Crippen LogP) is 3.71. The molecular weight excluding hydrogens is 336 g/mol. The molecule has 0 aromatic heterocycles. The summed E-state index contributed by atoms with van der Waals surface area (Å²) in [4.78, 5) is 20.0. The summed E-state index contributed by atoms with van der Waals surface area (Å²) in [5.74, 6) is 0.122. The van der Waals surface area contributed by atoms with Gasteiger partial charge in [-0.1, -0.05) is 23.8 Å². The van der Waals surface area contributed by atoms with Gasteiger partial charge < -0.3 is 4.90 Å². The fraction of sp³-hybridized carbons (Fsp3) is 0.333. The lowest BCUT2D eigenvalue weighted by molar-refractivity contribution is 0.104. The molecule has 2 heterocycles. The number of aryl methyl sites for hydroxylation is 2. The maximum Gasteiger partial charge on any atom is 0.201 e. The Morgan fingerprint density at radius 2 is 2.05 bits per heavy atom. The van der Waals surface area contributed by atoms with Crippen LogP contribution in [0.3, 0.4) is 0 Å². The van der Waals surface area contributed by atoms with Crippen molar-refractivity contribution in [1.29, 1.82) is 0 Å². The zero-order chi connectivity index (χ0) is 13.6. The number of nitrogens with zero attached hydrogens (tertiary/aromatic N) is 2. The van der Waals surface area contributed by atoms with E-state index >= 15 is 0 Å². The minimum atomic E-state index is 0. The average Bonchev–Trinajstić information content (AvgIpc) is 2.92. The molecule has 20 heavy (non-hydrogen) atoms. The molecule has 0 bridgehead atoms. The highest BCUT2D eigenvalue weighted by Gasteiger charge is 2.33. The Morgan fingerprint density at radius 3 is 2.70 bits per heavy atom. The van der Waals surface area contributed by atoms with Crippen molar-refractivity contribution < 1.29 is 4.79 Å². The van der Waals surface area contributed by atoms with Crippen LogP contribution in [0.15, 0.2) is 33.8 Å². The lowest BCUT2D eigenvalue weighted by Crippen LogP contribution is -2.19. The van der Waals surface area contributed by atoms with Crippen molar-refractivity contribution >= 4 is 39.7 Å². The molecule has 0 amide bonds. The zero-order valence-electron chi connectivity index (χ0n) is 11.8. The molecule has 1 aromatic carbocycles. The van der Waals surface area contributed by atoms with Gasteiger partial charge in [-0.25, -0.2) is 0 Å². The quantitative estimate of drug-likeness (QED) is 0.760. The number of allylic oxidation sites excluding steroid dienone is 2. The number of ketones is 1. The summed E-state index contributed by atoms with van der Waals surface area (Å²) < 4.78 is 0. The molecule has 0 radical (unpaired) electrons. The Bertz CT molecular complexity index is 637. The second-order valence-corrected chi connectivity index (χ2v) is 5.96. The lowest BCUT2D eigenvalue weighted by Gasteiger charge is -2.12. The van der Waals surface area contributed by atoms with E-state index in [-0.39, 0.29) is 22.8 Å². The first kappa shape index (κ1) is 15.3. The van der Waals surface area contributed by atoms with Gasteiger partial charge in [-0.2, -0.15) is 0 Å². The number of fused-ring (bicyclic) bond motifs is 1. The highest BCUT2D eigenvalue weighted by molar-refractivity contribution is 8.93. The Hall–Kier alpha value is -1.07. The fourth-order valence-electron chi connectivity index (χ4n) is 2.51. The summed E-state index contributed by atoms with van der Waals surface area (Å²) in [6, 6.07) is 5.98. The molecule has 5 heteroatoms. The summed E-state index contributed by atoms with van der Waals surface area (Å²) in [7, 11) is 0. The van der Waals surface area contributed by atoms with Crippen molar-refractivity contribution in [3.8, 4) is 0 Å². The number of hydrogen-bond donors (Lipinski definition) is 0. The van der Waals surface area contributed by atoms with Crippen molar-refractivity contribution in [3.63, 3.8) is 0 Å². The first-order valence-electron chi connectivity index (χ1n) is 6.40. The van der Waals surface area contributed by atoms with Gasteiger partial charge in [-0.3, -0.25) is 9.79 Å². The Labute approximate surface area is 133 Å². The van der Waals surface area contributed by atoms with Crippen LogP contribution in [-0.2, 0) is 0 Å². The van der Waals surface area contributed by atoms with Crippen molar-refractivity contribution in [3.05, 3.63) is 45.5 Å². The third kappa shape index (κ3) is 2.44. The van der Waals surface area contributed by atoms with Gasteiger partial charge in [0.05, 0.1) is 11.4 Å². The van der Waals surface area contributed by atoms with E-state index in [4.69, 9.17) is 0 Å². The fourth-order valence-corrected chi connectivity index (χ4v) is 3.65. The number of benzene rings is 1. The number of thioether (sulfide) groups is 1. The number of Topliss-reactive ketones (excluding diaryl/α,β-unsaturated/α-hetero) is 1. The minimum Gasteiger partial charge on any atom is -0.322 e. The van der Waals surface area contributed by atoms with E-state index in [1.165, 1.54) is 17.3 Å². The topological polar surface area (TPSA) is 32.7 Å². The van der Waals surface area contributed by atoms with Gasteiger partial charge >= 0.3 is 0 Å². The van der Waals surface area contributed by atoms with Gasteiger partial charge in [0, 0.05) is 17.8 Å². The second-order valence-electron chi connectivity index (χ2n) is 4.98. The number of halogens is 1. The van der Waals surface area contributed by atoms with Crippen LogP contribution in [0.4, 0.5) is 0 Å². The van der Waals surface area contributed by atoms with Gasteiger partial charge in [0.15, 0.2) is 5.17 Å². The Balaban J connectivity index is 0.00000147. The summed E-state index contributed by atoms with van der Waals surface area (Å²) in [6.07, 6.45) is 0. The molecule has 0 aliphatic carbocycles. The van der Waals surface area contributed by atoms with Crippen molar-refractivity contribution in [1.82, 2.24) is 4.90 Å². The Kier molecular flexibility index (Phi) is 4.39. The average molecular weight is 353 g/mol. The molecule has 3 nitrogen and oxygen atoms in total. The third-order valence-corrected chi connectivity index (χ3v) is 4.78. The normalized spacial score (nSPS) is 16.9. The summed E-state index contributed by atoms with van der Waals surface area (Å²) in [5.41, 5.74) is 4.07. The minimum absolute atomic E-state index is 0. The van der Waals surface area contributed by atoms with Crippen LogP contribution in [-0.4, -0.2) is 28.9 Å². The maximum absolute atomic E-state index is 12.7. The number of hydrogen-bond acceptors (Lipinski definition) is 4. The molecule has 0 spiro atoms. The molecule has 3 rings (SSSR count). The predicted molar refractivity (Wildman–Crippen MR) is 89.9 cm³/mol. The summed E-state index contributed by atoms with van der Waals surface area (Å²) >= 11 is 1.51. The molecule has 2 aliphatic heterocycles. The first-order valence-corrected chi connectivity index (χ1v) is 7.22. The number of carbonyl (C=O) groups is 1. The van der Waals surface area contributed by atoms with Gasteiger partial charge in [0.25, 0.3) is 0 Å². The zero-order valence-corrected chi connectivity index (χ0v) is 14.3. The number of carbonyl (C=O) groups excluding carboxylic acids is 1. The molecule has 0 N–H and O–H groups in total. The number of rotatable bonds is 2. The van der Waals surface area contributed by atoms with E-state index in [2.05, 4.69) is 16.0 Å². The van der Waals surface area contributed by atoms with E-state index in [1.807, 2.05) is 32.9 Å². The van der Waals surface area contributed by atoms with Crippen LogP contribution in [0.1, 0.15) is 28.4 Å². The molecule has 0 fully saturated rings. The molecule has 0 saturated heterocycles. The van der Waals surface area contributed by atoms with Crippen LogP contribution in [0, 0.1) is 13.8 Å². The van der Waals surface area contributed by atoms with Crippen LogP contribution >= 0.6 is 28.7 Å². The smallest absolute Gasteiger partial charge is 0.201 e. The summed E-state index contributed by atoms with van der Waals surface area (Å²) in [5, 5.41) is 0.977. The lowest BCUT2D eigenvalue weighted by atomic mass is 10.0. The largest absolute Gasteiger partial charge is 0.322 e. The molecule has 106 valence electrons. The van der Waals surface area contributed by atoms with E-state index in [1.54, 1.807) is 0 Å². The third-order valence-electron chi connectivity index (χ3n) is 3.56. The van der Waals surface area contributed by atoms with Crippen LogP contribution in [0.25, 0.3) is 0 Å². The van der Waals surface area contributed by atoms with E-state index in [0.29, 0.717) is 0 Å². The summed E-state index contributed by atoms with van der Waals surface area (Å²) in [6.45, 7) is 7.79. The molecular formula is C15H17BrN2OS. The maximum atomic E-state index is 12.7. The van der Waals surface area contributed by atoms with Crippen LogP contribution in [0.5, 0.6) is 0 Å². The van der Waals surface area contributed by atoms with E-state index in [9.17, 15) is 4.79 Å². The van der Waals surface area contributed by atoms with E-state index in [0.717, 1.165) is 40.0 Å². The number of aliphatic imine (C=N–C) groups is 1. The molecule has 0 atom stereocenters. The molecule has 0 saturated carbocycles. The molecule has 0 unspecified atom stereocenters. The van der Waals surface area contributed by atoms with Crippen LogP contribution < -0.4 is 0 Å². The van der Waals surface area contributed by atoms with Crippen molar-refractivity contribution in [2.24, 2.45) is 4.99 Å².